The average Bonchev–Trinajstić information content (AvgIpc) is 2.94. The van der Waals surface area contributed by atoms with Crippen LogP contribution in [0.1, 0.15) is 10.4 Å². The van der Waals surface area contributed by atoms with Crippen molar-refractivity contribution in [2.24, 2.45) is 5.73 Å². The molecule has 1 saturated heterocycles. The maximum atomic E-state index is 12.5. The van der Waals surface area contributed by atoms with E-state index in [9.17, 15) is 14.4 Å². The molecule has 0 atom stereocenters. The number of amides is 2. The predicted octanol–water partition coefficient (Wildman–Crippen LogP) is 1.89. The molecule has 2 amide bonds. The highest BCUT2D eigenvalue weighted by molar-refractivity contribution is 6.00. The standard InChI is InChI=1S/C27H27N9O3/c1-3-23(37)31-17-5-4-6-19(13-17)36-16-30-26(39)21-15-29-27(33-25(21)36)32-22-8-7-18(14-20(22)24(28)38)35-11-9-34(2)10-12-35/h3-8,13-16H,1,9-12H2,2H3,(H2,28,38)(H,31,37)(H,29,32,33). The number of anilines is 4. The summed E-state index contributed by atoms with van der Waals surface area (Å²) in [6, 6.07) is 12.4. The van der Waals surface area contributed by atoms with Gasteiger partial charge in [-0.3, -0.25) is 19.0 Å². The predicted molar refractivity (Wildman–Crippen MR) is 150 cm³/mol. The number of hydrogen-bond donors (Lipinski definition) is 3. The highest BCUT2D eigenvalue weighted by atomic mass is 16.2. The van der Waals surface area contributed by atoms with E-state index in [0.29, 0.717) is 22.6 Å². The van der Waals surface area contributed by atoms with Crippen LogP contribution < -0.4 is 26.8 Å². The summed E-state index contributed by atoms with van der Waals surface area (Å²) in [7, 11) is 2.08. The van der Waals surface area contributed by atoms with Gasteiger partial charge in [-0.05, 0) is 49.5 Å². The van der Waals surface area contributed by atoms with Gasteiger partial charge in [0.25, 0.3) is 11.5 Å². The highest BCUT2D eigenvalue weighted by Crippen LogP contribution is 2.26. The van der Waals surface area contributed by atoms with E-state index in [1.54, 1.807) is 41.0 Å². The average molecular weight is 526 g/mol. The Morgan fingerprint density at radius 1 is 1.05 bits per heavy atom. The molecule has 0 aliphatic carbocycles. The normalized spacial score (nSPS) is 13.7. The molecule has 1 fully saturated rings. The molecule has 0 saturated carbocycles. The number of primary amides is 1. The lowest BCUT2D eigenvalue weighted by molar-refractivity contribution is -0.111. The van der Waals surface area contributed by atoms with E-state index in [-0.39, 0.29) is 22.9 Å². The van der Waals surface area contributed by atoms with Gasteiger partial charge in [0, 0.05) is 43.8 Å². The third-order valence-corrected chi connectivity index (χ3v) is 6.48. The van der Waals surface area contributed by atoms with E-state index in [0.717, 1.165) is 31.9 Å². The van der Waals surface area contributed by atoms with Crippen LogP contribution in [0, 0.1) is 0 Å². The largest absolute Gasteiger partial charge is 0.369 e. The van der Waals surface area contributed by atoms with Crippen molar-refractivity contribution in [3.05, 3.63) is 83.6 Å². The molecule has 3 heterocycles. The third kappa shape index (κ3) is 5.45. The lowest BCUT2D eigenvalue weighted by atomic mass is 10.1. The summed E-state index contributed by atoms with van der Waals surface area (Å²) in [5.74, 6) is -0.783. The SMILES string of the molecule is C=CC(=O)Nc1cccc(-n2cnc(=O)c3cnc(Nc4ccc(N5CCN(C)CC5)cc4C(N)=O)nc32)c1. The summed E-state index contributed by atoms with van der Waals surface area (Å²) in [4.78, 5) is 53.8. The first-order chi connectivity index (χ1) is 18.8. The van der Waals surface area contributed by atoms with Crippen molar-refractivity contribution in [2.75, 3.05) is 48.8 Å². The van der Waals surface area contributed by atoms with Crippen molar-refractivity contribution < 1.29 is 9.59 Å². The lowest BCUT2D eigenvalue weighted by Crippen LogP contribution is -2.44. The fourth-order valence-electron chi connectivity index (χ4n) is 4.34. The molecule has 4 N–H and O–H groups in total. The second-order valence-electron chi connectivity index (χ2n) is 9.10. The topological polar surface area (TPSA) is 151 Å². The lowest BCUT2D eigenvalue weighted by Gasteiger charge is -2.34. The fraction of sp³-hybridized carbons (Fsp3) is 0.185. The van der Waals surface area contributed by atoms with Gasteiger partial charge in [-0.1, -0.05) is 12.6 Å². The fourth-order valence-corrected chi connectivity index (χ4v) is 4.34. The van der Waals surface area contributed by atoms with Crippen molar-refractivity contribution in [3.8, 4) is 5.69 Å². The Morgan fingerprint density at radius 2 is 1.85 bits per heavy atom. The summed E-state index contributed by atoms with van der Waals surface area (Å²) >= 11 is 0. The van der Waals surface area contributed by atoms with Crippen molar-refractivity contribution in [1.82, 2.24) is 24.4 Å². The van der Waals surface area contributed by atoms with Crippen LogP contribution in [0.25, 0.3) is 16.7 Å². The molecular weight excluding hydrogens is 498 g/mol. The van der Waals surface area contributed by atoms with Gasteiger partial charge in [0.2, 0.25) is 11.9 Å². The Labute approximate surface area is 223 Å². The van der Waals surface area contributed by atoms with Crippen molar-refractivity contribution in [1.29, 1.82) is 0 Å². The Balaban J connectivity index is 1.50. The summed E-state index contributed by atoms with van der Waals surface area (Å²) in [5.41, 5.74) is 8.30. The van der Waals surface area contributed by atoms with E-state index in [2.05, 4.69) is 49.0 Å². The van der Waals surface area contributed by atoms with E-state index >= 15 is 0 Å². The molecule has 5 rings (SSSR count). The first-order valence-corrected chi connectivity index (χ1v) is 12.2. The third-order valence-electron chi connectivity index (χ3n) is 6.48. The molecular formula is C27H27N9O3. The first-order valence-electron chi connectivity index (χ1n) is 12.2. The van der Waals surface area contributed by atoms with E-state index < -0.39 is 11.5 Å². The first kappa shape index (κ1) is 25.5. The Morgan fingerprint density at radius 3 is 2.59 bits per heavy atom. The van der Waals surface area contributed by atoms with Crippen LogP contribution in [0.5, 0.6) is 0 Å². The van der Waals surface area contributed by atoms with Crippen LogP contribution in [0.2, 0.25) is 0 Å². The van der Waals surface area contributed by atoms with Gasteiger partial charge in [0.15, 0.2) is 5.65 Å². The number of nitrogens with zero attached hydrogens (tertiary/aromatic N) is 6. The number of nitrogens with one attached hydrogen (secondary N) is 2. The van der Waals surface area contributed by atoms with Crippen LogP contribution in [-0.2, 0) is 4.79 Å². The number of likely N-dealkylation sites (N-methyl/N-ethyl adjacent to an activating group) is 1. The van der Waals surface area contributed by atoms with Gasteiger partial charge < -0.3 is 26.2 Å². The number of fused-ring (bicyclic) bond motifs is 1. The molecule has 2 aromatic carbocycles. The molecule has 39 heavy (non-hydrogen) atoms. The summed E-state index contributed by atoms with van der Waals surface area (Å²) in [6.45, 7) is 7.01. The van der Waals surface area contributed by atoms with Crippen LogP contribution in [0.4, 0.5) is 23.0 Å². The zero-order valence-electron chi connectivity index (χ0n) is 21.3. The van der Waals surface area contributed by atoms with Crippen LogP contribution >= 0.6 is 0 Å². The van der Waals surface area contributed by atoms with Crippen LogP contribution in [-0.4, -0.2) is 69.5 Å². The van der Waals surface area contributed by atoms with Crippen LogP contribution in [0.3, 0.4) is 0 Å². The van der Waals surface area contributed by atoms with E-state index in [4.69, 9.17) is 5.73 Å². The molecule has 198 valence electrons. The van der Waals surface area contributed by atoms with Crippen molar-refractivity contribution in [2.45, 2.75) is 0 Å². The van der Waals surface area contributed by atoms with Gasteiger partial charge in [0.05, 0.1) is 16.9 Å². The maximum Gasteiger partial charge on any atom is 0.283 e. The van der Waals surface area contributed by atoms with Crippen molar-refractivity contribution >= 4 is 45.9 Å². The van der Waals surface area contributed by atoms with Crippen LogP contribution in [0.15, 0.2) is 72.4 Å². The molecule has 0 spiro atoms. The van der Waals surface area contributed by atoms with Gasteiger partial charge in [-0.2, -0.15) is 9.97 Å². The molecule has 0 radical (unpaired) electrons. The minimum atomic E-state index is -0.589. The highest BCUT2D eigenvalue weighted by Gasteiger charge is 2.18. The van der Waals surface area contributed by atoms with Gasteiger partial charge in [-0.15, -0.1) is 0 Å². The number of hydrogen-bond acceptors (Lipinski definition) is 9. The van der Waals surface area contributed by atoms with E-state index in [1.807, 2.05) is 6.07 Å². The second kappa shape index (κ2) is 10.7. The van der Waals surface area contributed by atoms with Gasteiger partial charge >= 0.3 is 0 Å². The second-order valence-corrected chi connectivity index (χ2v) is 9.10. The molecule has 0 bridgehead atoms. The molecule has 2 aromatic heterocycles. The monoisotopic (exact) mass is 525 g/mol. The number of rotatable bonds is 7. The number of piperazine rings is 1. The number of carbonyl (C=O) groups is 2. The molecule has 1 aliphatic heterocycles. The smallest absolute Gasteiger partial charge is 0.283 e. The Hall–Kier alpha value is -5.10. The minimum Gasteiger partial charge on any atom is -0.369 e. The number of aromatic nitrogens is 4. The Kier molecular flexibility index (Phi) is 7.02. The minimum absolute atomic E-state index is 0.160. The zero-order valence-corrected chi connectivity index (χ0v) is 21.3. The van der Waals surface area contributed by atoms with E-state index in [1.165, 1.54) is 18.6 Å². The van der Waals surface area contributed by atoms with Crippen molar-refractivity contribution in [3.63, 3.8) is 0 Å². The molecule has 12 heteroatoms. The Bertz CT molecular complexity index is 1640. The number of nitrogens with two attached hydrogens (primary N) is 1. The van der Waals surface area contributed by atoms with Gasteiger partial charge in [-0.25, -0.2) is 4.98 Å². The summed E-state index contributed by atoms with van der Waals surface area (Å²) in [6.07, 6.45) is 3.91. The quantitative estimate of drug-likeness (QED) is 0.307. The molecule has 12 nitrogen and oxygen atoms in total. The maximum absolute atomic E-state index is 12.5. The molecule has 4 aromatic rings. The number of carbonyl (C=O) groups excluding carboxylic acids is 2. The summed E-state index contributed by atoms with van der Waals surface area (Å²) in [5, 5.41) is 5.98. The molecule has 1 aliphatic rings. The van der Waals surface area contributed by atoms with Gasteiger partial charge in [0.1, 0.15) is 11.7 Å². The zero-order chi connectivity index (χ0) is 27.5. The molecule has 0 unspecified atom stereocenters. The summed E-state index contributed by atoms with van der Waals surface area (Å²) < 4.78 is 1.61. The number of benzene rings is 2.